The van der Waals surface area contributed by atoms with E-state index in [1.807, 2.05) is 25.1 Å². The maximum absolute atomic E-state index is 11.1. The number of rotatable bonds is 3. The molecule has 2 atom stereocenters. The van der Waals surface area contributed by atoms with E-state index < -0.39 is 5.97 Å². The first kappa shape index (κ1) is 13.0. The molecule has 0 saturated heterocycles. The van der Waals surface area contributed by atoms with Crippen molar-refractivity contribution in [1.82, 2.24) is 9.97 Å². The molecule has 0 spiro atoms. The third-order valence-corrected chi connectivity index (χ3v) is 3.99. The Hall–Kier alpha value is -2.04. The molecule has 1 aromatic carbocycles. The highest BCUT2D eigenvalue weighted by Gasteiger charge is 2.26. The summed E-state index contributed by atoms with van der Waals surface area (Å²) in [7, 11) is 0. The lowest BCUT2D eigenvalue weighted by molar-refractivity contribution is -0.142. The van der Waals surface area contributed by atoms with Crippen LogP contribution in [0.2, 0.25) is 0 Å². The summed E-state index contributed by atoms with van der Waals surface area (Å²) in [5, 5.41) is 12.6. The zero-order chi connectivity index (χ0) is 14.1. The van der Waals surface area contributed by atoms with Crippen LogP contribution < -0.4 is 5.32 Å². The van der Waals surface area contributed by atoms with Crippen molar-refractivity contribution in [3.8, 4) is 0 Å². The summed E-state index contributed by atoms with van der Waals surface area (Å²) in [6, 6.07) is 6.28. The van der Waals surface area contributed by atoms with Gasteiger partial charge in [0, 0.05) is 11.7 Å². The first-order valence-corrected chi connectivity index (χ1v) is 7.07. The molecule has 0 radical (unpaired) electrons. The maximum Gasteiger partial charge on any atom is 0.306 e. The molecule has 1 aliphatic rings. The van der Waals surface area contributed by atoms with E-state index in [-0.39, 0.29) is 12.0 Å². The van der Waals surface area contributed by atoms with E-state index in [1.54, 1.807) is 0 Å². The molecule has 1 saturated carbocycles. The third kappa shape index (κ3) is 2.61. The number of nitrogens with zero attached hydrogens (tertiary/aromatic N) is 1. The fourth-order valence-electron chi connectivity index (χ4n) is 3.01. The van der Waals surface area contributed by atoms with Crippen molar-refractivity contribution in [2.45, 2.75) is 38.6 Å². The summed E-state index contributed by atoms with van der Waals surface area (Å²) < 4.78 is 0. The standard InChI is InChI=1S/C15H19N3O2/c1-9-16-13-6-5-12(8-14(13)17-9)18-11-4-2-3-10(7-11)15(19)20/h5-6,8,10-11,18H,2-4,7H2,1H3,(H,16,17)(H,19,20). The van der Waals surface area contributed by atoms with E-state index in [2.05, 4.69) is 15.3 Å². The molecule has 20 heavy (non-hydrogen) atoms. The molecule has 1 aliphatic carbocycles. The van der Waals surface area contributed by atoms with Gasteiger partial charge in [-0.15, -0.1) is 0 Å². The number of fused-ring (bicyclic) bond motifs is 1. The van der Waals surface area contributed by atoms with Crippen molar-refractivity contribution in [3.63, 3.8) is 0 Å². The molecule has 0 bridgehead atoms. The molecule has 2 unspecified atom stereocenters. The molecular formula is C15H19N3O2. The van der Waals surface area contributed by atoms with Gasteiger partial charge in [-0.2, -0.15) is 0 Å². The number of aromatic nitrogens is 2. The lowest BCUT2D eigenvalue weighted by Crippen LogP contribution is -2.30. The van der Waals surface area contributed by atoms with Gasteiger partial charge in [0.15, 0.2) is 0 Å². The van der Waals surface area contributed by atoms with Gasteiger partial charge >= 0.3 is 5.97 Å². The van der Waals surface area contributed by atoms with Crippen LogP contribution in [0.5, 0.6) is 0 Å². The SMILES string of the molecule is Cc1nc2ccc(NC3CCCC(C(=O)O)C3)cc2[nH]1. The number of nitrogens with one attached hydrogen (secondary N) is 2. The van der Waals surface area contributed by atoms with Gasteiger partial charge in [0.1, 0.15) is 5.82 Å². The monoisotopic (exact) mass is 273 g/mol. The van der Waals surface area contributed by atoms with Crippen molar-refractivity contribution in [3.05, 3.63) is 24.0 Å². The molecule has 1 fully saturated rings. The maximum atomic E-state index is 11.1. The zero-order valence-electron chi connectivity index (χ0n) is 11.5. The van der Waals surface area contributed by atoms with Crippen LogP contribution in [0.4, 0.5) is 5.69 Å². The van der Waals surface area contributed by atoms with E-state index in [1.165, 1.54) is 0 Å². The Morgan fingerprint density at radius 3 is 3.10 bits per heavy atom. The van der Waals surface area contributed by atoms with Crippen LogP contribution in [-0.4, -0.2) is 27.1 Å². The Bertz CT molecular complexity index is 635. The van der Waals surface area contributed by atoms with Gasteiger partial charge in [0.2, 0.25) is 0 Å². The van der Waals surface area contributed by atoms with Crippen LogP contribution in [0, 0.1) is 12.8 Å². The number of hydrogen-bond acceptors (Lipinski definition) is 3. The number of imidazole rings is 1. The molecule has 5 nitrogen and oxygen atoms in total. The molecule has 106 valence electrons. The predicted molar refractivity (Wildman–Crippen MR) is 77.8 cm³/mol. The Morgan fingerprint density at radius 1 is 1.45 bits per heavy atom. The van der Waals surface area contributed by atoms with Crippen LogP contribution >= 0.6 is 0 Å². The average molecular weight is 273 g/mol. The highest BCUT2D eigenvalue weighted by molar-refractivity contribution is 5.79. The van der Waals surface area contributed by atoms with Gasteiger partial charge < -0.3 is 15.4 Å². The number of carboxylic acids is 1. The molecule has 0 aliphatic heterocycles. The van der Waals surface area contributed by atoms with Gasteiger partial charge in [0.25, 0.3) is 0 Å². The normalized spacial score (nSPS) is 22.9. The lowest BCUT2D eigenvalue weighted by Gasteiger charge is -2.28. The summed E-state index contributed by atoms with van der Waals surface area (Å²) in [6.07, 6.45) is 3.51. The van der Waals surface area contributed by atoms with Crippen molar-refractivity contribution in [1.29, 1.82) is 0 Å². The summed E-state index contributed by atoms with van der Waals surface area (Å²) >= 11 is 0. The lowest BCUT2D eigenvalue weighted by atomic mass is 9.85. The van der Waals surface area contributed by atoms with Crippen LogP contribution in [0.25, 0.3) is 11.0 Å². The quantitative estimate of drug-likeness (QED) is 0.803. The number of aliphatic carboxylic acids is 1. The highest BCUT2D eigenvalue weighted by atomic mass is 16.4. The second kappa shape index (κ2) is 5.15. The molecule has 0 amide bonds. The van der Waals surface area contributed by atoms with Crippen LogP contribution in [0.1, 0.15) is 31.5 Å². The Labute approximate surface area is 117 Å². The molecule has 1 heterocycles. The van der Waals surface area contributed by atoms with Gasteiger partial charge in [-0.1, -0.05) is 6.42 Å². The van der Waals surface area contributed by atoms with Gasteiger partial charge in [0.05, 0.1) is 17.0 Å². The topological polar surface area (TPSA) is 78.0 Å². The van der Waals surface area contributed by atoms with Crippen LogP contribution in [0.3, 0.4) is 0 Å². The van der Waals surface area contributed by atoms with Crippen molar-refractivity contribution in [2.75, 3.05) is 5.32 Å². The fourth-order valence-corrected chi connectivity index (χ4v) is 3.01. The number of benzene rings is 1. The minimum atomic E-state index is -0.670. The Balaban J connectivity index is 1.73. The van der Waals surface area contributed by atoms with E-state index in [0.29, 0.717) is 6.42 Å². The molecule has 2 aromatic rings. The number of aromatic amines is 1. The molecular weight excluding hydrogens is 254 g/mol. The summed E-state index contributed by atoms with van der Waals surface area (Å²) in [6.45, 7) is 1.94. The van der Waals surface area contributed by atoms with Crippen molar-refractivity contribution >= 4 is 22.7 Å². The first-order valence-electron chi connectivity index (χ1n) is 7.07. The molecule has 3 N–H and O–H groups in total. The largest absolute Gasteiger partial charge is 0.481 e. The first-order chi connectivity index (χ1) is 9.61. The molecule has 3 rings (SSSR count). The van der Waals surface area contributed by atoms with Gasteiger partial charge in [-0.3, -0.25) is 4.79 Å². The van der Waals surface area contributed by atoms with E-state index in [0.717, 1.165) is 41.8 Å². The number of carboxylic acid groups (broad SMARTS) is 1. The van der Waals surface area contributed by atoms with Crippen LogP contribution in [-0.2, 0) is 4.79 Å². The summed E-state index contributed by atoms with van der Waals surface area (Å²) in [5.74, 6) is 0.0243. The van der Waals surface area contributed by atoms with E-state index in [9.17, 15) is 4.79 Å². The smallest absolute Gasteiger partial charge is 0.306 e. The predicted octanol–water partition coefficient (Wildman–Crippen LogP) is 2.93. The van der Waals surface area contributed by atoms with Crippen molar-refractivity contribution in [2.24, 2.45) is 5.92 Å². The Kier molecular flexibility index (Phi) is 3.34. The summed E-state index contributed by atoms with van der Waals surface area (Å²) in [5.41, 5.74) is 3.00. The molecule has 5 heteroatoms. The van der Waals surface area contributed by atoms with Crippen LogP contribution in [0.15, 0.2) is 18.2 Å². The van der Waals surface area contributed by atoms with Crippen molar-refractivity contribution < 1.29 is 9.90 Å². The number of hydrogen-bond donors (Lipinski definition) is 3. The number of carbonyl (C=O) groups is 1. The van der Waals surface area contributed by atoms with E-state index in [4.69, 9.17) is 5.11 Å². The van der Waals surface area contributed by atoms with Gasteiger partial charge in [-0.05, 0) is 44.4 Å². The average Bonchev–Trinajstić information content (AvgIpc) is 2.78. The summed E-state index contributed by atoms with van der Waals surface area (Å²) in [4.78, 5) is 18.7. The Morgan fingerprint density at radius 2 is 2.30 bits per heavy atom. The minimum Gasteiger partial charge on any atom is -0.481 e. The number of anilines is 1. The zero-order valence-corrected chi connectivity index (χ0v) is 11.5. The third-order valence-electron chi connectivity index (χ3n) is 3.99. The number of aryl methyl sites for hydroxylation is 1. The fraction of sp³-hybridized carbons (Fsp3) is 0.467. The van der Waals surface area contributed by atoms with E-state index >= 15 is 0 Å². The number of H-pyrrole nitrogens is 1. The second-order valence-electron chi connectivity index (χ2n) is 5.60. The van der Waals surface area contributed by atoms with Gasteiger partial charge in [-0.25, -0.2) is 4.98 Å². The second-order valence-corrected chi connectivity index (χ2v) is 5.60. The highest BCUT2D eigenvalue weighted by Crippen LogP contribution is 2.27. The molecule has 1 aromatic heterocycles. The minimum absolute atomic E-state index is 0.209.